The predicted octanol–water partition coefficient (Wildman–Crippen LogP) is 6.89. The third-order valence-electron chi connectivity index (χ3n) is 4.92. The lowest BCUT2D eigenvalue weighted by Crippen LogP contribution is -2.27. The maximum Gasteiger partial charge on any atom is 0.350 e. The fourth-order valence-electron chi connectivity index (χ4n) is 3.31. The van der Waals surface area contributed by atoms with Gasteiger partial charge in [0.25, 0.3) is 0 Å². The summed E-state index contributed by atoms with van der Waals surface area (Å²) in [6, 6.07) is 21.2. The third-order valence-corrected chi connectivity index (χ3v) is 6.36. The number of hydrogen-bond acceptors (Lipinski definition) is 5. The van der Waals surface area contributed by atoms with Crippen LogP contribution in [0, 0.1) is 6.92 Å². The van der Waals surface area contributed by atoms with Crippen molar-refractivity contribution >= 4 is 40.1 Å². The molecule has 0 saturated carbocycles. The monoisotopic (exact) mass is 480 g/mol. The van der Waals surface area contributed by atoms with Gasteiger partial charge in [-0.15, -0.1) is 0 Å². The molecule has 4 aromatic rings. The molecule has 5 nitrogen and oxygen atoms in total. The van der Waals surface area contributed by atoms with Gasteiger partial charge in [0, 0.05) is 9.92 Å². The van der Waals surface area contributed by atoms with Crippen molar-refractivity contribution in [2.24, 2.45) is 0 Å². The summed E-state index contributed by atoms with van der Waals surface area (Å²) in [5.74, 6) is 0.528. The molecule has 0 bridgehead atoms. The van der Waals surface area contributed by atoms with Crippen LogP contribution in [0.2, 0.25) is 5.02 Å². The van der Waals surface area contributed by atoms with Crippen molar-refractivity contribution in [3.8, 4) is 11.6 Å². The summed E-state index contributed by atoms with van der Waals surface area (Å²) in [5, 5.41) is 7.48. The first-order valence-corrected chi connectivity index (χ1v) is 11.8. The summed E-state index contributed by atoms with van der Waals surface area (Å²) in [6.45, 7) is 7.73. The Hall–Kier alpha value is -2.96. The van der Waals surface area contributed by atoms with E-state index in [2.05, 4.69) is 5.10 Å². The zero-order chi connectivity index (χ0) is 23.6. The van der Waals surface area contributed by atoms with Crippen LogP contribution in [0.3, 0.4) is 0 Å². The Labute approximate surface area is 202 Å². The Kier molecular flexibility index (Phi) is 6.68. The first kappa shape index (κ1) is 23.2. The Balaban J connectivity index is 1.54. The van der Waals surface area contributed by atoms with E-state index in [0.717, 1.165) is 26.3 Å². The number of rotatable bonds is 6. The standard InChI is InChI=1S/C26H25ClN2O3S/c1-17-24(33-22-13-10-20(27)11-14-22)25(29(28-17)26(2,3)4)32-23(30)16-31-21-12-9-18-7-5-6-8-19(18)15-21/h5-15H,16H2,1-4H3. The molecule has 0 radical (unpaired) electrons. The minimum absolute atomic E-state index is 0.211. The van der Waals surface area contributed by atoms with E-state index in [-0.39, 0.29) is 12.1 Å². The highest BCUT2D eigenvalue weighted by Crippen LogP contribution is 2.40. The lowest BCUT2D eigenvalue weighted by Gasteiger charge is -2.22. The SMILES string of the molecule is Cc1nn(C(C)(C)C)c(OC(=O)COc2ccc3ccccc3c2)c1Sc1ccc(Cl)cc1. The van der Waals surface area contributed by atoms with E-state index in [1.807, 2.05) is 94.4 Å². The lowest BCUT2D eigenvalue weighted by atomic mass is 10.1. The van der Waals surface area contributed by atoms with Gasteiger partial charge in [0.2, 0.25) is 5.88 Å². The molecule has 0 unspecified atom stereocenters. The average molecular weight is 481 g/mol. The Morgan fingerprint density at radius 1 is 1.03 bits per heavy atom. The average Bonchev–Trinajstić information content (AvgIpc) is 3.09. The number of ether oxygens (including phenoxy) is 2. The quantitative estimate of drug-likeness (QED) is 0.281. The topological polar surface area (TPSA) is 53.4 Å². The molecular formula is C26H25ClN2O3S. The van der Waals surface area contributed by atoms with Crippen LogP contribution in [0.15, 0.2) is 76.5 Å². The number of aryl methyl sites for hydroxylation is 1. The number of hydrogen-bond donors (Lipinski definition) is 0. The molecule has 0 amide bonds. The lowest BCUT2D eigenvalue weighted by molar-refractivity contribution is -0.137. The number of nitrogens with zero attached hydrogens (tertiary/aromatic N) is 2. The molecule has 1 heterocycles. The molecule has 0 saturated heterocycles. The number of carbonyl (C=O) groups is 1. The van der Waals surface area contributed by atoms with Crippen molar-refractivity contribution in [1.29, 1.82) is 0 Å². The highest BCUT2D eigenvalue weighted by atomic mass is 35.5. The molecular weight excluding hydrogens is 456 g/mol. The van der Waals surface area contributed by atoms with Gasteiger partial charge in [-0.05, 0) is 74.9 Å². The normalized spacial score (nSPS) is 11.5. The van der Waals surface area contributed by atoms with Gasteiger partial charge < -0.3 is 9.47 Å². The fraction of sp³-hybridized carbons (Fsp3) is 0.231. The van der Waals surface area contributed by atoms with Gasteiger partial charge in [-0.25, -0.2) is 9.48 Å². The van der Waals surface area contributed by atoms with Crippen LogP contribution in [-0.4, -0.2) is 22.4 Å². The zero-order valence-electron chi connectivity index (χ0n) is 19.0. The van der Waals surface area contributed by atoms with Gasteiger partial charge in [0.15, 0.2) is 6.61 Å². The highest BCUT2D eigenvalue weighted by molar-refractivity contribution is 7.99. The van der Waals surface area contributed by atoms with Crippen molar-refractivity contribution in [2.75, 3.05) is 6.61 Å². The molecule has 0 spiro atoms. The maximum atomic E-state index is 12.8. The zero-order valence-corrected chi connectivity index (χ0v) is 20.5. The Bertz CT molecular complexity index is 1290. The third kappa shape index (κ3) is 5.52. The van der Waals surface area contributed by atoms with Crippen LogP contribution in [0.4, 0.5) is 0 Å². The number of halogens is 1. The first-order chi connectivity index (χ1) is 15.7. The molecule has 0 aliphatic carbocycles. The van der Waals surface area contributed by atoms with Crippen LogP contribution in [0.5, 0.6) is 11.6 Å². The van der Waals surface area contributed by atoms with E-state index in [9.17, 15) is 4.79 Å². The van der Waals surface area contributed by atoms with Crippen molar-refractivity contribution < 1.29 is 14.3 Å². The van der Waals surface area contributed by atoms with Gasteiger partial charge >= 0.3 is 5.97 Å². The Morgan fingerprint density at radius 2 is 1.73 bits per heavy atom. The van der Waals surface area contributed by atoms with Crippen LogP contribution in [0.1, 0.15) is 26.5 Å². The molecule has 1 aromatic heterocycles. The summed E-state index contributed by atoms with van der Waals surface area (Å²) < 4.78 is 13.3. The minimum Gasteiger partial charge on any atom is -0.482 e. The molecule has 0 atom stereocenters. The van der Waals surface area contributed by atoms with Gasteiger partial charge in [0.1, 0.15) is 5.75 Å². The highest BCUT2D eigenvalue weighted by Gasteiger charge is 2.27. The number of carbonyl (C=O) groups excluding carboxylic acids is 1. The number of aromatic nitrogens is 2. The van der Waals surface area contributed by atoms with Crippen LogP contribution in [-0.2, 0) is 10.3 Å². The summed E-state index contributed by atoms with van der Waals surface area (Å²) in [6.07, 6.45) is 0. The number of fused-ring (bicyclic) bond motifs is 1. The predicted molar refractivity (Wildman–Crippen MR) is 133 cm³/mol. The van der Waals surface area contributed by atoms with Crippen molar-refractivity contribution in [3.63, 3.8) is 0 Å². The molecule has 0 fully saturated rings. The molecule has 3 aromatic carbocycles. The minimum atomic E-state index is -0.494. The van der Waals surface area contributed by atoms with Crippen LogP contribution in [0.25, 0.3) is 10.8 Å². The second-order valence-electron chi connectivity index (χ2n) is 8.63. The second kappa shape index (κ2) is 9.49. The fourth-order valence-corrected chi connectivity index (χ4v) is 4.35. The smallest absolute Gasteiger partial charge is 0.350 e. The van der Waals surface area contributed by atoms with Gasteiger partial charge in [0.05, 0.1) is 16.1 Å². The van der Waals surface area contributed by atoms with E-state index in [1.54, 1.807) is 4.68 Å². The number of benzene rings is 3. The summed E-state index contributed by atoms with van der Waals surface area (Å²) >= 11 is 7.50. The van der Waals surface area contributed by atoms with Crippen LogP contribution < -0.4 is 9.47 Å². The molecule has 170 valence electrons. The molecule has 0 aliphatic rings. The van der Waals surface area contributed by atoms with Gasteiger partial charge in [-0.1, -0.05) is 53.7 Å². The summed E-state index contributed by atoms with van der Waals surface area (Å²) in [5.41, 5.74) is 0.404. The van der Waals surface area contributed by atoms with E-state index >= 15 is 0 Å². The van der Waals surface area contributed by atoms with E-state index < -0.39 is 5.97 Å². The summed E-state index contributed by atoms with van der Waals surface area (Å²) in [7, 11) is 0. The van der Waals surface area contributed by atoms with E-state index in [0.29, 0.717) is 16.7 Å². The van der Waals surface area contributed by atoms with Crippen molar-refractivity contribution in [1.82, 2.24) is 9.78 Å². The second-order valence-corrected chi connectivity index (χ2v) is 10.2. The maximum absolute atomic E-state index is 12.8. The van der Waals surface area contributed by atoms with Gasteiger partial charge in [-0.3, -0.25) is 0 Å². The summed E-state index contributed by atoms with van der Waals surface area (Å²) in [4.78, 5) is 14.5. The number of esters is 1. The van der Waals surface area contributed by atoms with Crippen molar-refractivity contribution in [2.45, 2.75) is 43.0 Å². The van der Waals surface area contributed by atoms with Gasteiger partial charge in [-0.2, -0.15) is 5.10 Å². The molecule has 0 aliphatic heterocycles. The molecule has 7 heteroatoms. The molecule has 0 N–H and O–H groups in total. The first-order valence-electron chi connectivity index (χ1n) is 10.6. The van der Waals surface area contributed by atoms with E-state index in [1.165, 1.54) is 11.8 Å². The largest absolute Gasteiger partial charge is 0.482 e. The van der Waals surface area contributed by atoms with Crippen molar-refractivity contribution in [3.05, 3.63) is 77.4 Å². The van der Waals surface area contributed by atoms with E-state index in [4.69, 9.17) is 21.1 Å². The Morgan fingerprint density at radius 3 is 2.42 bits per heavy atom. The van der Waals surface area contributed by atoms with Crippen LogP contribution >= 0.6 is 23.4 Å². The molecule has 33 heavy (non-hydrogen) atoms. The molecule has 4 rings (SSSR count).